The van der Waals surface area contributed by atoms with Crippen LogP contribution < -0.4 is 4.74 Å². The molecule has 116 valence electrons. The molecule has 0 aliphatic rings. The molecular formula is C20H17ClO2. The third-order valence-corrected chi connectivity index (χ3v) is 4.17. The summed E-state index contributed by atoms with van der Waals surface area (Å²) in [6.07, 6.45) is 0. The zero-order valence-electron chi connectivity index (χ0n) is 12.7. The average Bonchev–Trinajstić information content (AvgIpc) is 2.62. The highest BCUT2D eigenvalue weighted by molar-refractivity contribution is 6.30. The highest BCUT2D eigenvalue weighted by Gasteiger charge is 2.36. The first-order valence-electron chi connectivity index (χ1n) is 7.33. The maximum Gasteiger partial charge on any atom is 0.144 e. The summed E-state index contributed by atoms with van der Waals surface area (Å²) in [5.74, 6) is 0.588. The van der Waals surface area contributed by atoms with Crippen molar-refractivity contribution in [1.29, 1.82) is 0 Å². The van der Waals surface area contributed by atoms with E-state index in [1.807, 2.05) is 60.7 Å². The monoisotopic (exact) mass is 324 g/mol. The second-order valence-corrected chi connectivity index (χ2v) is 5.72. The van der Waals surface area contributed by atoms with Crippen molar-refractivity contribution >= 4 is 11.6 Å². The highest BCUT2D eigenvalue weighted by Crippen LogP contribution is 2.41. The van der Waals surface area contributed by atoms with Crippen molar-refractivity contribution in [1.82, 2.24) is 0 Å². The number of ether oxygens (including phenoxy) is 1. The number of hydrogen-bond donors (Lipinski definition) is 1. The minimum atomic E-state index is -1.35. The molecule has 3 heteroatoms. The predicted octanol–water partition coefficient (Wildman–Crippen LogP) is 4.63. The lowest BCUT2D eigenvalue weighted by atomic mass is 9.80. The van der Waals surface area contributed by atoms with Crippen molar-refractivity contribution in [3.8, 4) is 5.75 Å². The van der Waals surface area contributed by atoms with Crippen LogP contribution in [-0.4, -0.2) is 12.2 Å². The largest absolute Gasteiger partial charge is 0.496 e. The Kier molecular flexibility index (Phi) is 4.37. The summed E-state index contributed by atoms with van der Waals surface area (Å²) in [6.45, 7) is 0. The van der Waals surface area contributed by atoms with Crippen LogP contribution in [0.15, 0.2) is 78.9 Å². The first-order chi connectivity index (χ1) is 11.2. The molecule has 0 fully saturated rings. The topological polar surface area (TPSA) is 29.5 Å². The van der Waals surface area contributed by atoms with Crippen LogP contribution in [0.1, 0.15) is 16.7 Å². The summed E-state index contributed by atoms with van der Waals surface area (Å²) in [4.78, 5) is 0. The van der Waals surface area contributed by atoms with Crippen LogP contribution in [0.2, 0.25) is 5.02 Å². The lowest BCUT2D eigenvalue weighted by Crippen LogP contribution is -2.29. The van der Waals surface area contributed by atoms with Crippen molar-refractivity contribution in [3.63, 3.8) is 0 Å². The van der Waals surface area contributed by atoms with Crippen molar-refractivity contribution in [2.24, 2.45) is 0 Å². The Labute approximate surface area is 140 Å². The molecule has 0 saturated carbocycles. The van der Waals surface area contributed by atoms with E-state index in [-0.39, 0.29) is 0 Å². The summed E-state index contributed by atoms with van der Waals surface area (Å²) in [5, 5.41) is 12.3. The number of methoxy groups -OCH3 is 1. The number of rotatable bonds is 4. The summed E-state index contributed by atoms with van der Waals surface area (Å²) >= 11 is 6.19. The van der Waals surface area contributed by atoms with Crippen LogP contribution in [0, 0.1) is 0 Å². The Morgan fingerprint density at radius 1 is 0.826 bits per heavy atom. The molecule has 0 amide bonds. The molecule has 0 radical (unpaired) electrons. The fourth-order valence-corrected chi connectivity index (χ4v) is 2.97. The van der Waals surface area contributed by atoms with E-state index in [1.54, 1.807) is 25.3 Å². The number of halogens is 1. The van der Waals surface area contributed by atoms with Gasteiger partial charge in [0.2, 0.25) is 0 Å². The first kappa shape index (κ1) is 15.6. The lowest BCUT2D eigenvalue weighted by Gasteiger charge is -2.31. The number of benzene rings is 3. The van der Waals surface area contributed by atoms with E-state index in [9.17, 15) is 5.11 Å². The lowest BCUT2D eigenvalue weighted by molar-refractivity contribution is 0.122. The molecule has 23 heavy (non-hydrogen) atoms. The summed E-state index contributed by atoms with van der Waals surface area (Å²) in [5.41, 5.74) is 0.780. The second kappa shape index (κ2) is 6.45. The third kappa shape index (κ3) is 2.83. The van der Waals surface area contributed by atoms with Gasteiger partial charge in [-0.1, -0.05) is 72.3 Å². The molecule has 3 aromatic rings. The molecule has 3 rings (SSSR count). The summed E-state index contributed by atoms with van der Waals surface area (Å²) in [6, 6.07) is 24.3. The first-order valence-corrected chi connectivity index (χ1v) is 7.71. The molecular weight excluding hydrogens is 308 g/mol. The van der Waals surface area contributed by atoms with E-state index in [0.717, 1.165) is 11.1 Å². The van der Waals surface area contributed by atoms with Gasteiger partial charge in [0, 0.05) is 10.6 Å². The van der Waals surface area contributed by atoms with Crippen LogP contribution in [0.4, 0.5) is 0 Å². The van der Waals surface area contributed by atoms with Gasteiger partial charge in [-0.2, -0.15) is 0 Å². The van der Waals surface area contributed by atoms with Gasteiger partial charge in [0.25, 0.3) is 0 Å². The average molecular weight is 325 g/mol. The molecule has 0 unspecified atom stereocenters. The van der Waals surface area contributed by atoms with Gasteiger partial charge in [-0.25, -0.2) is 0 Å². The zero-order valence-corrected chi connectivity index (χ0v) is 13.5. The normalized spacial score (nSPS) is 11.3. The van der Waals surface area contributed by atoms with E-state index < -0.39 is 5.60 Å². The van der Waals surface area contributed by atoms with Crippen molar-refractivity contribution in [2.75, 3.05) is 7.11 Å². The minimum Gasteiger partial charge on any atom is -0.496 e. The van der Waals surface area contributed by atoms with E-state index in [4.69, 9.17) is 16.3 Å². The van der Waals surface area contributed by atoms with Gasteiger partial charge in [-0.05, 0) is 29.3 Å². The van der Waals surface area contributed by atoms with E-state index in [1.165, 1.54) is 0 Å². The Morgan fingerprint density at radius 3 is 1.83 bits per heavy atom. The van der Waals surface area contributed by atoms with Crippen LogP contribution in [-0.2, 0) is 5.60 Å². The summed E-state index contributed by atoms with van der Waals surface area (Å²) < 4.78 is 5.47. The molecule has 0 aliphatic carbocycles. The van der Waals surface area contributed by atoms with Crippen LogP contribution in [0.5, 0.6) is 5.75 Å². The molecule has 0 spiro atoms. The van der Waals surface area contributed by atoms with Crippen LogP contribution >= 0.6 is 11.6 Å². The predicted molar refractivity (Wildman–Crippen MR) is 93.0 cm³/mol. The smallest absolute Gasteiger partial charge is 0.144 e. The van der Waals surface area contributed by atoms with Crippen molar-refractivity contribution in [3.05, 3.63) is 101 Å². The maximum absolute atomic E-state index is 11.7. The Balaban J connectivity index is 2.32. The van der Waals surface area contributed by atoms with E-state index in [0.29, 0.717) is 16.3 Å². The minimum absolute atomic E-state index is 0.547. The molecule has 0 aromatic heterocycles. The van der Waals surface area contributed by atoms with Gasteiger partial charge in [-0.15, -0.1) is 0 Å². The van der Waals surface area contributed by atoms with Gasteiger partial charge in [0.15, 0.2) is 0 Å². The molecule has 1 N–H and O–H groups in total. The second-order valence-electron chi connectivity index (χ2n) is 5.29. The summed E-state index contributed by atoms with van der Waals surface area (Å²) in [7, 11) is 1.59. The van der Waals surface area contributed by atoms with Gasteiger partial charge in [0.1, 0.15) is 11.4 Å². The van der Waals surface area contributed by atoms with Gasteiger partial charge in [-0.3, -0.25) is 0 Å². The third-order valence-electron chi connectivity index (χ3n) is 3.93. The molecule has 3 aromatic carbocycles. The molecule has 0 atom stereocenters. The fourth-order valence-electron chi connectivity index (χ4n) is 2.80. The van der Waals surface area contributed by atoms with Gasteiger partial charge in [0.05, 0.1) is 7.11 Å². The van der Waals surface area contributed by atoms with Crippen LogP contribution in [0.25, 0.3) is 0 Å². The molecule has 0 aliphatic heterocycles. The quantitative estimate of drug-likeness (QED) is 0.709. The Bertz CT molecular complexity index is 746. The van der Waals surface area contributed by atoms with Crippen LogP contribution in [0.3, 0.4) is 0 Å². The molecule has 0 saturated heterocycles. The standard InChI is InChI=1S/C20H17ClO2/c1-23-19-13-12-17(21)14-18(19)20(22,15-8-4-2-5-9-15)16-10-6-3-7-11-16/h2-14,22H,1H3. The molecule has 2 nitrogen and oxygen atoms in total. The SMILES string of the molecule is COc1ccc(Cl)cc1C(O)(c1ccccc1)c1ccccc1. The molecule has 0 bridgehead atoms. The fraction of sp³-hybridized carbons (Fsp3) is 0.100. The molecule has 0 heterocycles. The number of hydrogen-bond acceptors (Lipinski definition) is 2. The highest BCUT2D eigenvalue weighted by atomic mass is 35.5. The van der Waals surface area contributed by atoms with Crippen molar-refractivity contribution < 1.29 is 9.84 Å². The maximum atomic E-state index is 11.7. The number of aliphatic hydroxyl groups is 1. The Morgan fingerprint density at radius 2 is 1.35 bits per heavy atom. The van der Waals surface area contributed by atoms with Gasteiger partial charge < -0.3 is 9.84 Å². The van der Waals surface area contributed by atoms with Crippen molar-refractivity contribution in [2.45, 2.75) is 5.60 Å². The Hall–Kier alpha value is -2.29. The van der Waals surface area contributed by atoms with Gasteiger partial charge >= 0.3 is 0 Å². The zero-order chi connectivity index (χ0) is 16.3. The van der Waals surface area contributed by atoms with E-state index in [2.05, 4.69) is 0 Å². The van der Waals surface area contributed by atoms with E-state index >= 15 is 0 Å².